The van der Waals surface area contributed by atoms with E-state index < -0.39 is 6.10 Å². The van der Waals surface area contributed by atoms with E-state index in [2.05, 4.69) is 4.57 Å². The number of aliphatic hydroxyl groups is 1. The molecule has 8 heteroatoms. The molecule has 0 unspecified atom stereocenters. The largest absolute Gasteiger partial charge is 0.452 e. The van der Waals surface area contributed by atoms with E-state index in [9.17, 15) is 14.7 Å². The Morgan fingerprint density at radius 3 is 2.76 bits per heavy atom. The number of rotatable bonds is 4. The van der Waals surface area contributed by atoms with E-state index in [4.69, 9.17) is 14.5 Å². The first-order chi connectivity index (χ1) is 18.4. The van der Waals surface area contributed by atoms with Crippen molar-refractivity contribution in [2.45, 2.75) is 83.8 Å². The molecule has 2 aromatic carbocycles. The van der Waals surface area contributed by atoms with Crippen LogP contribution in [0.15, 0.2) is 30.3 Å². The van der Waals surface area contributed by atoms with Crippen LogP contribution in [0.25, 0.3) is 11.0 Å². The highest BCUT2D eigenvalue weighted by atomic mass is 16.5. The molecule has 0 spiro atoms. The summed E-state index contributed by atoms with van der Waals surface area (Å²) in [5, 5.41) is 11.9. The molecule has 3 aromatic rings. The maximum absolute atomic E-state index is 12.7. The van der Waals surface area contributed by atoms with Gasteiger partial charge in [-0.1, -0.05) is 24.6 Å². The van der Waals surface area contributed by atoms with E-state index in [-0.39, 0.29) is 29.9 Å². The number of hydrogen-bond donors (Lipinski definition) is 1. The number of nitrogens with zero attached hydrogens (tertiary/aromatic N) is 3. The molecule has 1 amide bonds. The summed E-state index contributed by atoms with van der Waals surface area (Å²) in [6.45, 7) is 4.73. The lowest BCUT2D eigenvalue weighted by atomic mass is 9.83. The van der Waals surface area contributed by atoms with Gasteiger partial charge in [0.2, 0.25) is 0 Å². The summed E-state index contributed by atoms with van der Waals surface area (Å²) in [5.74, 6) is 0.823. The Morgan fingerprint density at radius 2 is 1.97 bits per heavy atom. The molecule has 0 radical (unpaired) electrons. The van der Waals surface area contributed by atoms with E-state index in [0.717, 1.165) is 77.5 Å². The molecular formula is C30H35N3O5. The number of ether oxygens (including phenoxy) is 2. The van der Waals surface area contributed by atoms with Crippen LogP contribution >= 0.6 is 0 Å². The van der Waals surface area contributed by atoms with Crippen molar-refractivity contribution in [2.24, 2.45) is 5.92 Å². The fourth-order valence-electron chi connectivity index (χ4n) is 6.76. The number of hydrogen-bond acceptors (Lipinski definition) is 6. The van der Waals surface area contributed by atoms with Crippen LogP contribution in [0.5, 0.6) is 0 Å². The fourth-order valence-corrected chi connectivity index (χ4v) is 6.76. The van der Waals surface area contributed by atoms with Gasteiger partial charge in [-0.05, 0) is 74.8 Å². The van der Waals surface area contributed by atoms with Crippen molar-refractivity contribution in [3.05, 3.63) is 58.4 Å². The van der Waals surface area contributed by atoms with Gasteiger partial charge in [0.25, 0.3) is 0 Å². The summed E-state index contributed by atoms with van der Waals surface area (Å²) < 4.78 is 13.0. The van der Waals surface area contributed by atoms with Crippen molar-refractivity contribution < 1.29 is 24.2 Å². The van der Waals surface area contributed by atoms with Crippen molar-refractivity contribution in [1.82, 2.24) is 9.55 Å². The highest BCUT2D eigenvalue weighted by molar-refractivity contribution is 5.95. The molecule has 2 aliphatic heterocycles. The molecule has 1 aliphatic carbocycles. The quantitative estimate of drug-likeness (QED) is 0.500. The van der Waals surface area contributed by atoms with Gasteiger partial charge in [-0.15, -0.1) is 0 Å². The number of carbonyl (C=O) groups excluding carboxylic acids is 2. The minimum absolute atomic E-state index is 0.0128. The van der Waals surface area contributed by atoms with Crippen LogP contribution in [0.4, 0.5) is 10.5 Å². The number of amides is 1. The molecule has 1 aromatic heterocycles. The number of methoxy groups -OCH3 is 1. The third-order valence-corrected chi connectivity index (χ3v) is 8.79. The number of fused-ring (bicyclic) bond motifs is 4. The Kier molecular flexibility index (Phi) is 6.48. The first-order valence-electron chi connectivity index (χ1n) is 13.7. The standard InChI is InChI=1S/C30H35N3O5/c1-17-10-11-23-25(32(17)30(36)37-3)12-13-26-27(23)31-29(33(26)21-8-4-6-19(14-21)18(2)34)28(35)22-9-5-7-20-15-38-16-24(20)22/h5,7,9,12-13,17,19,21,28,35H,4,6,8,10-11,14-16H2,1-3H3/t17-,19+,21+,28+/m0/s1. The van der Waals surface area contributed by atoms with Gasteiger partial charge >= 0.3 is 6.09 Å². The first-order valence-corrected chi connectivity index (χ1v) is 13.7. The van der Waals surface area contributed by atoms with Crippen molar-refractivity contribution in [3.63, 3.8) is 0 Å². The van der Waals surface area contributed by atoms with Gasteiger partial charge in [-0.3, -0.25) is 9.69 Å². The minimum atomic E-state index is -0.938. The first kappa shape index (κ1) is 25.1. The zero-order valence-corrected chi connectivity index (χ0v) is 22.3. The number of anilines is 1. The normalized spacial score (nSPS) is 23.7. The second kappa shape index (κ2) is 9.82. The van der Waals surface area contributed by atoms with E-state index in [1.165, 1.54) is 7.11 Å². The highest BCUT2D eigenvalue weighted by Crippen LogP contribution is 2.43. The van der Waals surface area contributed by atoms with E-state index in [0.29, 0.717) is 19.0 Å². The average Bonchev–Trinajstić information content (AvgIpc) is 3.57. The predicted octanol–water partition coefficient (Wildman–Crippen LogP) is 5.38. The second-order valence-electron chi connectivity index (χ2n) is 11.0. The molecule has 1 fully saturated rings. The zero-order valence-electron chi connectivity index (χ0n) is 22.3. The Morgan fingerprint density at radius 1 is 1.13 bits per heavy atom. The molecule has 200 valence electrons. The van der Waals surface area contributed by atoms with Crippen molar-refractivity contribution in [3.8, 4) is 0 Å². The maximum Gasteiger partial charge on any atom is 0.414 e. The molecule has 1 N–H and O–H groups in total. The summed E-state index contributed by atoms with van der Waals surface area (Å²) in [7, 11) is 1.40. The van der Waals surface area contributed by atoms with Gasteiger partial charge in [0, 0.05) is 23.6 Å². The SMILES string of the molecule is COC(=O)N1c2ccc3c(nc([C@H](O)c4cccc5c4COC5)n3[C@@H]3CCC[C@@H](C(C)=O)C3)c2CC[C@@H]1C. The number of aliphatic hydroxyl groups excluding tert-OH is 1. The molecule has 4 atom stereocenters. The predicted molar refractivity (Wildman–Crippen MR) is 143 cm³/mol. The molecular weight excluding hydrogens is 482 g/mol. The van der Waals surface area contributed by atoms with Gasteiger partial charge in [0.05, 0.1) is 37.0 Å². The van der Waals surface area contributed by atoms with Gasteiger partial charge in [-0.2, -0.15) is 0 Å². The van der Waals surface area contributed by atoms with Crippen LogP contribution in [0.1, 0.15) is 86.2 Å². The molecule has 0 bridgehead atoms. The van der Waals surface area contributed by atoms with Gasteiger partial charge < -0.3 is 19.1 Å². The van der Waals surface area contributed by atoms with E-state index >= 15 is 0 Å². The van der Waals surface area contributed by atoms with Crippen LogP contribution in [0.3, 0.4) is 0 Å². The minimum Gasteiger partial charge on any atom is -0.452 e. The third kappa shape index (κ3) is 4.01. The Bertz CT molecular complexity index is 1410. The molecule has 6 rings (SSSR count). The number of aromatic nitrogens is 2. The van der Waals surface area contributed by atoms with Crippen LogP contribution in [-0.2, 0) is 33.9 Å². The van der Waals surface area contributed by atoms with Crippen LogP contribution in [0, 0.1) is 5.92 Å². The van der Waals surface area contributed by atoms with Crippen LogP contribution in [-0.4, -0.2) is 39.7 Å². The third-order valence-electron chi connectivity index (χ3n) is 8.79. The summed E-state index contributed by atoms with van der Waals surface area (Å²) in [5.41, 5.74) is 6.50. The summed E-state index contributed by atoms with van der Waals surface area (Å²) in [4.78, 5) is 31.9. The Hall–Kier alpha value is -3.23. The van der Waals surface area contributed by atoms with Crippen molar-refractivity contribution >= 4 is 28.6 Å². The number of benzene rings is 2. The van der Waals surface area contributed by atoms with E-state index in [1.807, 2.05) is 37.3 Å². The Balaban J connectivity index is 1.54. The van der Waals surface area contributed by atoms with Crippen molar-refractivity contribution in [2.75, 3.05) is 12.0 Å². The van der Waals surface area contributed by atoms with E-state index in [1.54, 1.807) is 11.8 Å². The van der Waals surface area contributed by atoms with Crippen LogP contribution in [0.2, 0.25) is 0 Å². The number of carbonyl (C=O) groups is 2. The molecule has 1 saturated carbocycles. The lowest BCUT2D eigenvalue weighted by molar-refractivity contribution is -0.122. The number of imidazole rings is 1. The smallest absolute Gasteiger partial charge is 0.414 e. The monoisotopic (exact) mass is 517 g/mol. The lowest BCUT2D eigenvalue weighted by Gasteiger charge is -2.34. The second-order valence-corrected chi connectivity index (χ2v) is 11.0. The number of aryl methyl sites for hydroxylation is 1. The maximum atomic E-state index is 12.7. The number of ketones is 1. The molecule has 3 heterocycles. The summed E-state index contributed by atoms with van der Waals surface area (Å²) >= 11 is 0. The summed E-state index contributed by atoms with van der Waals surface area (Å²) in [6.07, 6.45) is 3.78. The highest BCUT2D eigenvalue weighted by Gasteiger charge is 2.35. The van der Waals surface area contributed by atoms with Crippen LogP contribution < -0.4 is 4.90 Å². The van der Waals surface area contributed by atoms with Gasteiger partial charge in [-0.25, -0.2) is 9.78 Å². The fraction of sp³-hybridized carbons (Fsp3) is 0.500. The molecule has 38 heavy (non-hydrogen) atoms. The number of Topliss-reactive ketones (excluding diaryl/α,β-unsaturated/α-hetero) is 1. The Labute approximate surface area is 222 Å². The summed E-state index contributed by atoms with van der Waals surface area (Å²) in [6, 6.07) is 10.0. The van der Waals surface area contributed by atoms with Gasteiger partial charge in [0.1, 0.15) is 17.7 Å². The lowest BCUT2D eigenvalue weighted by Crippen LogP contribution is -2.42. The topological polar surface area (TPSA) is 93.9 Å². The molecule has 3 aliphatic rings. The average molecular weight is 518 g/mol. The van der Waals surface area contributed by atoms with Gasteiger partial charge in [0.15, 0.2) is 0 Å². The molecule has 0 saturated heterocycles. The molecule has 8 nitrogen and oxygen atoms in total. The van der Waals surface area contributed by atoms with Crippen molar-refractivity contribution in [1.29, 1.82) is 0 Å². The zero-order chi connectivity index (χ0) is 26.6.